The monoisotopic (exact) mass is 340 g/mol. The molecule has 1 aromatic carbocycles. The van der Waals surface area contributed by atoms with E-state index in [0.29, 0.717) is 22.3 Å². The number of aryl methyl sites for hydroxylation is 2. The van der Waals surface area contributed by atoms with Crippen molar-refractivity contribution in [1.82, 2.24) is 14.8 Å². The van der Waals surface area contributed by atoms with Crippen LogP contribution in [0, 0.1) is 6.92 Å². The van der Waals surface area contributed by atoms with Gasteiger partial charge in [-0.3, -0.25) is 9.48 Å². The molecule has 0 bridgehead atoms. The van der Waals surface area contributed by atoms with Gasteiger partial charge in [0.2, 0.25) is 0 Å². The first-order valence-electron chi connectivity index (χ1n) is 7.94. The van der Waals surface area contributed by atoms with Gasteiger partial charge in [0, 0.05) is 23.1 Å². The summed E-state index contributed by atoms with van der Waals surface area (Å²) in [5, 5.41) is 9.06. The second-order valence-electron chi connectivity index (χ2n) is 6.24. The lowest BCUT2D eigenvalue weighted by Crippen LogP contribution is -2.14. The summed E-state index contributed by atoms with van der Waals surface area (Å²) in [5.74, 6) is 0.292. The zero-order valence-electron chi connectivity index (χ0n) is 13.5. The molecule has 0 saturated heterocycles. The smallest absolute Gasteiger partial charge is 0.274 e. The third-order valence-electron chi connectivity index (χ3n) is 4.35. The Balaban J connectivity index is 1.74. The van der Waals surface area contributed by atoms with E-state index in [1.165, 1.54) is 5.56 Å². The summed E-state index contributed by atoms with van der Waals surface area (Å²) < 4.78 is 1.75. The molecule has 1 N–H and O–H groups in total. The average Bonchev–Trinajstić information content (AvgIpc) is 3.36. The molecule has 0 aliphatic heterocycles. The molecule has 0 spiro atoms. The number of hydrogen-bond donors (Lipinski definition) is 1. The zero-order chi connectivity index (χ0) is 16.8. The number of anilines is 1. The lowest BCUT2D eigenvalue weighted by molar-refractivity contribution is 0.102. The number of benzene rings is 1. The first-order valence-corrected chi connectivity index (χ1v) is 8.32. The maximum atomic E-state index is 12.6. The van der Waals surface area contributed by atoms with Gasteiger partial charge in [0.15, 0.2) is 5.65 Å². The summed E-state index contributed by atoms with van der Waals surface area (Å²) >= 11 is 5.88. The summed E-state index contributed by atoms with van der Waals surface area (Å²) in [5.41, 5.74) is 4.03. The number of halogens is 1. The fraction of sp³-hybridized carbons (Fsp3) is 0.278. The summed E-state index contributed by atoms with van der Waals surface area (Å²) in [6, 6.07) is 8.95. The molecule has 0 unspecified atom stereocenters. The van der Waals surface area contributed by atoms with E-state index in [1.807, 2.05) is 20.0 Å². The van der Waals surface area contributed by atoms with Crippen LogP contribution in [0.5, 0.6) is 0 Å². The van der Waals surface area contributed by atoms with Gasteiger partial charge in [-0.05, 0) is 61.6 Å². The first-order chi connectivity index (χ1) is 11.5. The molecule has 2 heterocycles. The Morgan fingerprint density at radius 2 is 2.00 bits per heavy atom. The minimum Gasteiger partial charge on any atom is -0.321 e. The van der Waals surface area contributed by atoms with E-state index in [-0.39, 0.29) is 5.91 Å². The Morgan fingerprint density at radius 3 is 2.67 bits per heavy atom. The highest BCUT2D eigenvalue weighted by molar-refractivity contribution is 6.30. The quantitative estimate of drug-likeness (QED) is 0.782. The Bertz CT molecular complexity index is 942. The van der Waals surface area contributed by atoms with Crippen molar-refractivity contribution in [2.45, 2.75) is 25.7 Å². The SMILES string of the molecule is Cc1nn(C)c2nc(C(=O)Nc3ccc(Cl)cc3)cc(C3CC3)c12. The van der Waals surface area contributed by atoms with E-state index < -0.39 is 0 Å². The first kappa shape index (κ1) is 15.1. The van der Waals surface area contributed by atoms with Crippen LogP contribution in [0.4, 0.5) is 5.69 Å². The number of carbonyl (C=O) groups is 1. The minimum absolute atomic E-state index is 0.222. The summed E-state index contributed by atoms with van der Waals surface area (Å²) in [6.07, 6.45) is 2.32. The van der Waals surface area contributed by atoms with Crippen LogP contribution in [-0.4, -0.2) is 20.7 Å². The van der Waals surface area contributed by atoms with Gasteiger partial charge in [0.05, 0.1) is 5.69 Å². The summed E-state index contributed by atoms with van der Waals surface area (Å²) in [6.45, 7) is 1.99. The topological polar surface area (TPSA) is 59.8 Å². The number of nitrogens with one attached hydrogen (secondary N) is 1. The van der Waals surface area contributed by atoms with Crippen LogP contribution in [0.3, 0.4) is 0 Å². The molecule has 0 radical (unpaired) electrons. The van der Waals surface area contributed by atoms with Crippen LogP contribution in [0.2, 0.25) is 5.02 Å². The highest BCUT2D eigenvalue weighted by atomic mass is 35.5. The molecule has 1 saturated carbocycles. The van der Waals surface area contributed by atoms with Crippen molar-refractivity contribution in [2.24, 2.45) is 7.05 Å². The number of fused-ring (bicyclic) bond motifs is 1. The molecule has 2 aromatic heterocycles. The number of hydrogen-bond acceptors (Lipinski definition) is 3. The molecular formula is C18H17ClN4O. The molecule has 0 atom stereocenters. The summed E-state index contributed by atoms with van der Waals surface area (Å²) in [7, 11) is 1.86. The highest BCUT2D eigenvalue weighted by Crippen LogP contribution is 2.43. The molecule has 4 rings (SSSR count). The van der Waals surface area contributed by atoms with Gasteiger partial charge in [0.1, 0.15) is 5.69 Å². The minimum atomic E-state index is -0.222. The van der Waals surface area contributed by atoms with Crippen molar-refractivity contribution in [2.75, 3.05) is 5.32 Å². The van der Waals surface area contributed by atoms with Gasteiger partial charge < -0.3 is 5.32 Å². The van der Waals surface area contributed by atoms with Gasteiger partial charge in [-0.25, -0.2) is 4.98 Å². The maximum Gasteiger partial charge on any atom is 0.274 e. The van der Waals surface area contributed by atoms with E-state index in [9.17, 15) is 4.79 Å². The second kappa shape index (κ2) is 5.60. The molecule has 1 aliphatic rings. The third-order valence-corrected chi connectivity index (χ3v) is 4.60. The van der Waals surface area contributed by atoms with E-state index in [2.05, 4.69) is 15.4 Å². The van der Waals surface area contributed by atoms with Gasteiger partial charge >= 0.3 is 0 Å². The number of amides is 1. The Kier molecular flexibility index (Phi) is 3.53. The molecule has 1 amide bonds. The Labute approximate surface area is 144 Å². The standard InChI is InChI=1S/C18H17ClN4O/c1-10-16-14(11-3-4-11)9-15(21-17(16)23(2)22-10)18(24)20-13-7-5-12(19)6-8-13/h5-9,11H,3-4H2,1-2H3,(H,20,24). The zero-order valence-corrected chi connectivity index (χ0v) is 14.3. The number of pyridine rings is 1. The predicted molar refractivity (Wildman–Crippen MR) is 94.6 cm³/mol. The predicted octanol–water partition coefficient (Wildman–Crippen LogP) is 4.06. The molecule has 3 aromatic rings. The van der Waals surface area contributed by atoms with Crippen LogP contribution in [0.15, 0.2) is 30.3 Å². The molecule has 24 heavy (non-hydrogen) atoms. The molecule has 6 heteroatoms. The fourth-order valence-corrected chi connectivity index (χ4v) is 3.17. The average molecular weight is 341 g/mol. The van der Waals surface area contributed by atoms with Gasteiger partial charge in [-0.1, -0.05) is 11.6 Å². The number of carbonyl (C=O) groups excluding carboxylic acids is 1. The molecule has 1 fully saturated rings. The molecule has 122 valence electrons. The van der Waals surface area contributed by atoms with E-state index >= 15 is 0 Å². The Morgan fingerprint density at radius 1 is 1.29 bits per heavy atom. The fourth-order valence-electron chi connectivity index (χ4n) is 3.04. The van der Waals surface area contributed by atoms with E-state index in [4.69, 9.17) is 11.6 Å². The number of aromatic nitrogens is 3. The Hall–Kier alpha value is -2.40. The van der Waals surface area contributed by atoms with E-state index in [1.54, 1.807) is 28.9 Å². The second-order valence-corrected chi connectivity index (χ2v) is 6.68. The van der Waals surface area contributed by atoms with Gasteiger partial charge in [0.25, 0.3) is 5.91 Å². The number of rotatable bonds is 3. The van der Waals surface area contributed by atoms with Crippen molar-refractivity contribution < 1.29 is 4.79 Å². The largest absolute Gasteiger partial charge is 0.321 e. The normalized spacial score (nSPS) is 14.1. The van der Waals surface area contributed by atoms with Gasteiger partial charge in [-0.2, -0.15) is 5.10 Å². The summed E-state index contributed by atoms with van der Waals surface area (Å²) in [4.78, 5) is 17.2. The van der Waals surface area contributed by atoms with Crippen LogP contribution in [0.1, 0.15) is 40.5 Å². The van der Waals surface area contributed by atoms with Crippen molar-refractivity contribution in [3.8, 4) is 0 Å². The van der Waals surface area contributed by atoms with Crippen LogP contribution >= 0.6 is 11.6 Å². The van der Waals surface area contributed by atoms with Crippen LogP contribution in [0.25, 0.3) is 11.0 Å². The maximum absolute atomic E-state index is 12.6. The van der Waals surface area contributed by atoms with E-state index in [0.717, 1.165) is 29.6 Å². The van der Waals surface area contributed by atoms with Crippen molar-refractivity contribution in [1.29, 1.82) is 0 Å². The van der Waals surface area contributed by atoms with Crippen LogP contribution < -0.4 is 5.32 Å². The highest BCUT2D eigenvalue weighted by Gasteiger charge is 2.29. The van der Waals surface area contributed by atoms with Crippen molar-refractivity contribution >= 4 is 34.2 Å². The van der Waals surface area contributed by atoms with Crippen LogP contribution in [-0.2, 0) is 7.05 Å². The number of nitrogens with zero attached hydrogens (tertiary/aromatic N) is 3. The lowest BCUT2D eigenvalue weighted by Gasteiger charge is -2.08. The molecule has 1 aliphatic carbocycles. The third kappa shape index (κ3) is 2.65. The molecular weight excluding hydrogens is 324 g/mol. The van der Waals surface area contributed by atoms with Crippen molar-refractivity contribution in [3.05, 3.63) is 52.3 Å². The van der Waals surface area contributed by atoms with Crippen molar-refractivity contribution in [3.63, 3.8) is 0 Å². The molecule has 5 nitrogen and oxygen atoms in total. The van der Waals surface area contributed by atoms with Gasteiger partial charge in [-0.15, -0.1) is 0 Å². The lowest BCUT2D eigenvalue weighted by atomic mass is 10.0.